The second kappa shape index (κ2) is 3.46. The van der Waals surface area contributed by atoms with Gasteiger partial charge in [-0.25, -0.2) is 4.79 Å². The van der Waals surface area contributed by atoms with Crippen LogP contribution in [0.25, 0.3) is 0 Å². The summed E-state index contributed by atoms with van der Waals surface area (Å²) < 4.78 is 5.41. The van der Waals surface area contributed by atoms with Crippen LogP contribution in [0.4, 0.5) is 4.79 Å². The minimum atomic E-state index is -0.305. The summed E-state index contributed by atoms with van der Waals surface area (Å²) in [5.74, 6) is -0.144. The largest absolute Gasteiger partial charge is 0.362 e. The average Bonchev–Trinajstić information content (AvgIpc) is 2.18. The highest BCUT2D eigenvalue weighted by Crippen LogP contribution is 2.32. The third kappa shape index (κ3) is 1.32. The number of hydrogen-bond acceptors (Lipinski definition) is 4. The molecule has 15 heavy (non-hydrogen) atoms. The Hall–Kier alpha value is -1.14. The fraction of sp³-hybridized carbons (Fsp3) is 0.778. The molecule has 2 saturated heterocycles. The van der Waals surface area contributed by atoms with Gasteiger partial charge in [-0.05, 0) is 6.92 Å². The fourth-order valence-corrected chi connectivity index (χ4v) is 2.06. The standard InChI is InChI=1S/C9H15N3O3/c1-4-15-7-5-6-8(13)10(2)9(14)11(3)12(6)7/h6-7H,4-5H2,1-3H3/t6-,7+/m1/s1. The molecule has 0 unspecified atom stereocenters. The van der Waals surface area contributed by atoms with Crippen LogP contribution < -0.4 is 0 Å². The van der Waals surface area contributed by atoms with Crippen molar-refractivity contribution in [2.24, 2.45) is 0 Å². The van der Waals surface area contributed by atoms with Crippen molar-refractivity contribution in [1.29, 1.82) is 0 Å². The van der Waals surface area contributed by atoms with Crippen LogP contribution in [-0.4, -0.2) is 59.8 Å². The maximum Gasteiger partial charge on any atom is 0.340 e. The van der Waals surface area contributed by atoms with Crippen molar-refractivity contribution in [2.45, 2.75) is 25.6 Å². The first kappa shape index (κ1) is 10.4. The van der Waals surface area contributed by atoms with E-state index in [1.807, 2.05) is 6.92 Å². The van der Waals surface area contributed by atoms with Gasteiger partial charge in [-0.2, -0.15) is 5.01 Å². The molecule has 0 radical (unpaired) electrons. The van der Waals surface area contributed by atoms with Crippen molar-refractivity contribution in [2.75, 3.05) is 20.7 Å². The van der Waals surface area contributed by atoms with Crippen molar-refractivity contribution in [3.8, 4) is 0 Å². The van der Waals surface area contributed by atoms with Crippen molar-refractivity contribution < 1.29 is 14.3 Å². The molecule has 0 aliphatic carbocycles. The zero-order valence-electron chi connectivity index (χ0n) is 9.14. The Bertz CT molecular complexity index is 289. The van der Waals surface area contributed by atoms with E-state index >= 15 is 0 Å². The Morgan fingerprint density at radius 2 is 2.07 bits per heavy atom. The topological polar surface area (TPSA) is 53.1 Å². The molecular weight excluding hydrogens is 198 g/mol. The lowest BCUT2D eigenvalue weighted by Crippen LogP contribution is -2.74. The zero-order chi connectivity index (χ0) is 11.2. The summed E-state index contributed by atoms with van der Waals surface area (Å²) in [6, 6.07) is -0.532. The van der Waals surface area contributed by atoms with Crippen LogP contribution in [0.5, 0.6) is 0 Å². The smallest absolute Gasteiger partial charge is 0.340 e. The summed E-state index contributed by atoms with van der Waals surface area (Å²) in [5, 5.41) is 3.16. The average molecular weight is 213 g/mol. The van der Waals surface area contributed by atoms with Crippen LogP contribution >= 0.6 is 0 Å². The maximum atomic E-state index is 11.7. The molecule has 6 nitrogen and oxygen atoms in total. The molecule has 0 aromatic carbocycles. The number of ether oxygens (including phenoxy) is 1. The number of carbonyl (C=O) groups excluding carboxylic acids is 2. The van der Waals surface area contributed by atoms with Crippen molar-refractivity contribution >= 4 is 11.9 Å². The molecule has 0 spiro atoms. The molecule has 0 bridgehead atoms. The fourth-order valence-electron chi connectivity index (χ4n) is 2.06. The molecule has 2 aliphatic heterocycles. The molecule has 2 fully saturated rings. The Morgan fingerprint density at radius 1 is 1.40 bits per heavy atom. The van der Waals surface area contributed by atoms with Gasteiger partial charge in [0.05, 0.1) is 0 Å². The van der Waals surface area contributed by atoms with Gasteiger partial charge in [0.25, 0.3) is 0 Å². The number of carbonyl (C=O) groups is 2. The van der Waals surface area contributed by atoms with Gasteiger partial charge in [0.15, 0.2) is 0 Å². The summed E-state index contributed by atoms with van der Waals surface area (Å²) in [6.45, 7) is 2.48. The highest BCUT2D eigenvalue weighted by molar-refractivity contribution is 5.99. The number of amides is 3. The highest BCUT2D eigenvalue weighted by atomic mass is 16.5. The molecular formula is C9H15N3O3. The Labute approximate surface area is 88.3 Å². The third-order valence-corrected chi connectivity index (χ3v) is 2.92. The van der Waals surface area contributed by atoms with Crippen LogP contribution in [0, 0.1) is 0 Å². The Morgan fingerprint density at radius 3 is 2.67 bits per heavy atom. The van der Waals surface area contributed by atoms with Crippen molar-refractivity contribution in [3.63, 3.8) is 0 Å². The quantitative estimate of drug-likeness (QED) is 0.640. The minimum Gasteiger partial charge on any atom is -0.362 e. The lowest BCUT2D eigenvalue weighted by atomic mass is 10.0. The van der Waals surface area contributed by atoms with E-state index in [0.717, 1.165) is 4.90 Å². The first-order valence-corrected chi connectivity index (χ1v) is 5.03. The molecule has 0 aromatic rings. The molecule has 3 amide bonds. The number of rotatable bonds is 2. The molecule has 2 heterocycles. The zero-order valence-corrected chi connectivity index (χ0v) is 9.14. The predicted molar refractivity (Wildman–Crippen MR) is 51.6 cm³/mol. The van der Waals surface area contributed by atoms with Crippen LogP contribution in [0.3, 0.4) is 0 Å². The van der Waals surface area contributed by atoms with E-state index in [2.05, 4.69) is 0 Å². The molecule has 84 valence electrons. The molecule has 0 aromatic heterocycles. The number of urea groups is 1. The van der Waals surface area contributed by atoms with Crippen LogP contribution in [-0.2, 0) is 9.53 Å². The van der Waals surface area contributed by atoms with Gasteiger partial charge < -0.3 is 4.74 Å². The third-order valence-electron chi connectivity index (χ3n) is 2.92. The number of likely N-dealkylation sites (N-methyl/N-ethyl adjacent to an activating group) is 1. The normalized spacial score (nSPS) is 31.7. The molecule has 6 heteroatoms. The van der Waals surface area contributed by atoms with E-state index < -0.39 is 0 Å². The molecule has 0 N–H and O–H groups in total. The SMILES string of the molecule is CCO[C@H]1C[C@@H]2C(=O)N(C)C(=O)N(C)N12. The number of imide groups is 1. The van der Waals surface area contributed by atoms with E-state index in [0.29, 0.717) is 13.0 Å². The first-order chi connectivity index (χ1) is 7.07. The number of hydrogen-bond donors (Lipinski definition) is 0. The summed E-state index contributed by atoms with van der Waals surface area (Å²) in [7, 11) is 3.16. The van der Waals surface area contributed by atoms with Crippen LogP contribution in [0.2, 0.25) is 0 Å². The summed E-state index contributed by atoms with van der Waals surface area (Å²) in [6.07, 6.45) is 0.529. The van der Waals surface area contributed by atoms with Gasteiger partial charge in [-0.3, -0.25) is 14.7 Å². The highest BCUT2D eigenvalue weighted by Gasteiger charge is 2.53. The van der Waals surface area contributed by atoms with E-state index in [1.165, 1.54) is 12.1 Å². The second-order valence-corrected chi connectivity index (χ2v) is 3.74. The van der Waals surface area contributed by atoms with Gasteiger partial charge in [0, 0.05) is 27.1 Å². The summed E-state index contributed by atoms with van der Waals surface area (Å²) in [4.78, 5) is 24.4. The molecule has 2 aliphatic rings. The number of hydrazine groups is 1. The Kier molecular flexibility index (Phi) is 2.40. The van der Waals surface area contributed by atoms with Crippen molar-refractivity contribution in [3.05, 3.63) is 0 Å². The van der Waals surface area contributed by atoms with Crippen molar-refractivity contribution in [1.82, 2.24) is 14.9 Å². The predicted octanol–water partition coefficient (Wildman–Crippen LogP) is -0.138. The molecule has 2 atom stereocenters. The van der Waals surface area contributed by atoms with E-state index in [1.54, 1.807) is 12.1 Å². The number of nitrogens with zero attached hydrogens (tertiary/aromatic N) is 3. The van der Waals surface area contributed by atoms with Gasteiger partial charge in [-0.15, -0.1) is 0 Å². The van der Waals surface area contributed by atoms with Gasteiger partial charge in [-0.1, -0.05) is 0 Å². The van der Waals surface area contributed by atoms with Crippen LogP contribution in [0.15, 0.2) is 0 Å². The number of fused-ring (bicyclic) bond motifs is 1. The first-order valence-electron chi connectivity index (χ1n) is 5.03. The second-order valence-electron chi connectivity index (χ2n) is 3.74. The van der Waals surface area contributed by atoms with Gasteiger partial charge in [0.2, 0.25) is 5.91 Å². The minimum absolute atomic E-state index is 0.133. The maximum absolute atomic E-state index is 11.7. The Balaban J connectivity index is 2.14. The molecule has 2 rings (SSSR count). The van der Waals surface area contributed by atoms with Gasteiger partial charge >= 0.3 is 6.03 Å². The van der Waals surface area contributed by atoms with E-state index in [4.69, 9.17) is 4.74 Å². The summed E-state index contributed by atoms with van der Waals surface area (Å²) >= 11 is 0. The van der Waals surface area contributed by atoms with Crippen LogP contribution in [0.1, 0.15) is 13.3 Å². The monoisotopic (exact) mass is 213 g/mol. The van der Waals surface area contributed by atoms with Gasteiger partial charge in [0.1, 0.15) is 12.3 Å². The summed E-state index contributed by atoms with van der Waals surface area (Å²) in [5.41, 5.74) is 0. The molecule has 0 saturated carbocycles. The van der Waals surface area contributed by atoms with E-state index in [9.17, 15) is 9.59 Å². The lowest BCUT2D eigenvalue weighted by Gasteiger charge is -2.54. The van der Waals surface area contributed by atoms with E-state index in [-0.39, 0.29) is 24.2 Å². The lowest BCUT2D eigenvalue weighted by molar-refractivity contribution is -0.241.